The molecule has 0 radical (unpaired) electrons. The van der Waals surface area contributed by atoms with Crippen LogP contribution >= 0.6 is 46.4 Å². The van der Waals surface area contributed by atoms with Crippen molar-refractivity contribution in [2.45, 2.75) is 13.8 Å². The Morgan fingerprint density at radius 2 is 0.786 bits per heavy atom. The fourth-order valence-corrected chi connectivity index (χ4v) is 1.41. The molecular weight excluding hydrogens is 270 g/mol. The maximum atomic E-state index is 11.0. The Bertz CT molecular complexity index is 279. The van der Waals surface area contributed by atoms with E-state index in [-0.39, 0.29) is 0 Å². The third-order valence-corrected chi connectivity index (χ3v) is 2.82. The fourth-order valence-electron chi connectivity index (χ4n) is 0.591. The van der Waals surface area contributed by atoms with E-state index in [9.17, 15) is 9.59 Å². The van der Waals surface area contributed by atoms with Gasteiger partial charge >= 0.3 is 0 Å². The summed E-state index contributed by atoms with van der Waals surface area (Å²) >= 11 is 21.5. The van der Waals surface area contributed by atoms with Crippen LogP contribution in [0.1, 0.15) is 13.8 Å². The second-order valence-corrected chi connectivity index (χ2v) is 3.43. The van der Waals surface area contributed by atoms with E-state index < -0.39 is 31.7 Å². The third-order valence-electron chi connectivity index (χ3n) is 1.18. The van der Waals surface area contributed by atoms with E-state index >= 15 is 0 Å². The molecule has 0 saturated carbocycles. The van der Waals surface area contributed by atoms with E-state index in [1.165, 1.54) is 0 Å². The zero-order chi connectivity index (χ0) is 11.5. The summed E-state index contributed by atoms with van der Waals surface area (Å²) in [5.41, 5.74) is 0. The lowest BCUT2D eigenvalue weighted by Crippen LogP contribution is -2.14. The minimum atomic E-state index is -0.729. The van der Waals surface area contributed by atoms with E-state index in [1.807, 2.05) is 13.8 Å². The lowest BCUT2D eigenvalue weighted by Gasteiger charge is -2.08. The average Bonchev–Trinajstić information content (AvgIpc) is 2.24. The lowest BCUT2D eigenvalue weighted by molar-refractivity contribution is -0.114. The van der Waals surface area contributed by atoms with Crippen LogP contribution in [0.2, 0.25) is 0 Å². The molecule has 0 atom stereocenters. The van der Waals surface area contributed by atoms with Gasteiger partial charge in [0.25, 0.3) is 0 Å². The van der Waals surface area contributed by atoms with E-state index in [0.29, 0.717) is 0 Å². The molecule has 0 aromatic heterocycles. The van der Waals surface area contributed by atoms with Crippen LogP contribution in [0.4, 0.5) is 0 Å². The Morgan fingerprint density at radius 1 is 0.643 bits per heavy atom. The molecule has 78 valence electrons. The van der Waals surface area contributed by atoms with Crippen molar-refractivity contribution in [3.05, 3.63) is 20.1 Å². The van der Waals surface area contributed by atoms with Crippen molar-refractivity contribution in [3.8, 4) is 0 Å². The molecule has 14 heavy (non-hydrogen) atoms. The normalized spacial score (nSPS) is 17.0. The van der Waals surface area contributed by atoms with E-state index in [2.05, 4.69) is 0 Å². The van der Waals surface area contributed by atoms with Gasteiger partial charge in [0.15, 0.2) is 0 Å². The van der Waals surface area contributed by atoms with Crippen LogP contribution in [-0.4, -0.2) is 11.6 Å². The van der Waals surface area contributed by atoms with E-state index in [1.54, 1.807) is 0 Å². The van der Waals surface area contributed by atoms with Crippen LogP contribution in [0.3, 0.4) is 0 Å². The number of rotatable bonds is 0. The summed E-state index contributed by atoms with van der Waals surface area (Å²) in [6, 6.07) is 0. The molecule has 0 aromatic carbocycles. The van der Waals surface area contributed by atoms with Crippen LogP contribution < -0.4 is 0 Å². The van der Waals surface area contributed by atoms with Crippen molar-refractivity contribution < 1.29 is 9.59 Å². The summed E-state index contributed by atoms with van der Waals surface area (Å²) in [5, 5.41) is -1.57. The first-order valence-corrected chi connectivity index (χ1v) is 5.18. The van der Waals surface area contributed by atoms with E-state index in [0.717, 1.165) is 0 Å². The molecule has 2 nitrogen and oxygen atoms in total. The molecule has 0 spiro atoms. The molecule has 1 rings (SSSR count). The second-order valence-electron chi connectivity index (χ2n) is 1.91. The van der Waals surface area contributed by atoms with Gasteiger partial charge in [-0.05, 0) is 0 Å². The Hall–Kier alpha value is -0.0200. The molecule has 0 amide bonds. The minimum Gasteiger partial charge on any atom is -0.286 e. The number of ketones is 2. The Kier molecular flexibility index (Phi) is 5.75. The Labute approximate surface area is 101 Å². The summed E-state index contributed by atoms with van der Waals surface area (Å²) in [7, 11) is 0. The highest BCUT2D eigenvalue weighted by atomic mass is 35.5. The lowest BCUT2D eigenvalue weighted by atomic mass is 10.1. The van der Waals surface area contributed by atoms with Crippen LogP contribution in [-0.2, 0) is 9.59 Å². The van der Waals surface area contributed by atoms with Gasteiger partial charge in [-0.25, -0.2) is 0 Å². The number of carbonyl (C=O) groups excluding carboxylic acids is 2. The minimum absolute atomic E-state index is 0.393. The zero-order valence-corrected chi connectivity index (χ0v) is 10.4. The number of allylic oxidation sites excluding steroid dienone is 4. The maximum absolute atomic E-state index is 11.0. The van der Waals surface area contributed by atoms with Crippen molar-refractivity contribution in [2.24, 2.45) is 0 Å². The molecular formula is C8H6Cl4O2. The molecule has 0 bridgehead atoms. The van der Waals surface area contributed by atoms with E-state index in [4.69, 9.17) is 46.4 Å². The predicted octanol–water partition coefficient (Wildman–Crippen LogP) is 3.54. The number of halogens is 4. The number of hydrogen-bond donors (Lipinski definition) is 0. The van der Waals surface area contributed by atoms with Crippen LogP contribution in [0.5, 0.6) is 0 Å². The van der Waals surface area contributed by atoms with Gasteiger partial charge in [0, 0.05) is 0 Å². The van der Waals surface area contributed by atoms with Gasteiger partial charge in [0.1, 0.15) is 20.1 Å². The first kappa shape index (κ1) is 14.0. The standard InChI is InChI=1S/C6Cl4O2.C2H6/c7-1-2(8)6(12)4(10)3(9)5(1)11;1-2/h;1-2H3. The summed E-state index contributed by atoms with van der Waals surface area (Å²) < 4.78 is 0. The highest BCUT2D eigenvalue weighted by Gasteiger charge is 2.31. The largest absolute Gasteiger partial charge is 0.286 e. The third kappa shape index (κ3) is 2.51. The molecule has 0 N–H and O–H groups in total. The topological polar surface area (TPSA) is 34.1 Å². The number of hydrogen-bond acceptors (Lipinski definition) is 2. The number of Topliss-reactive ketones (excluding diaryl/α,β-unsaturated/α-hetero) is 2. The first-order chi connectivity index (χ1) is 6.46. The van der Waals surface area contributed by atoms with Crippen LogP contribution in [0, 0.1) is 0 Å². The number of carbonyl (C=O) groups is 2. The van der Waals surface area contributed by atoms with Crippen molar-refractivity contribution in [1.29, 1.82) is 0 Å². The summed E-state index contributed by atoms with van der Waals surface area (Å²) in [6.45, 7) is 4.00. The van der Waals surface area contributed by atoms with Crippen molar-refractivity contribution >= 4 is 58.0 Å². The summed E-state index contributed by atoms with van der Waals surface area (Å²) in [4.78, 5) is 22.0. The van der Waals surface area contributed by atoms with Crippen molar-refractivity contribution in [3.63, 3.8) is 0 Å². The van der Waals surface area contributed by atoms with Crippen molar-refractivity contribution in [2.75, 3.05) is 0 Å². The molecule has 0 fully saturated rings. The maximum Gasteiger partial charge on any atom is 0.219 e. The molecule has 0 unspecified atom stereocenters. The predicted molar refractivity (Wildman–Crippen MR) is 58.8 cm³/mol. The van der Waals surface area contributed by atoms with Gasteiger partial charge < -0.3 is 0 Å². The Balaban J connectivity index is 0.000000791. The quantitative estimate of drug-likeness (QED) is 0.634. The first-order valence-electron chi connectivity index (χ1n) is 3.66. The van der Waals surface area contributed by atoms with Gasteiger partial charge in [-0.2, -0.15) is 0 Å². The molecule has 0 aromatic rings. The fraction of sp³-hybridized carbons (Fsp3) is 0.250. The SMILES string of the molecule is CC.O=C1C(Cl)=C(Cl)C(=O)C(Cl)=C1Cl. The van der Waals surface area contributed by atoms with Gasteiger partial charge in [-0.1, -0.05) is 60.3 Å². The smallest absolute Gasteiger partial charge is 0.219 e. The molecule has 1 aliphatic rings. The molecule has 6 heteroatoms. The highest BCUT2D eigenvalue weighted by Crippen LogP contribution is 2.32. The summed E-state index contributed by atoms with van der Waals surface area (Å²) in [6.07, 6.45) is 0. The molecule has 0 aliphatic heterocycles. The van der Waals surface area contributed by atoms with Gasteiger partial charge in [0.2, 0.25) is 11.6 Å². The van der Waals surface area contributed by atoms with Gasteiger partial charge in [0.05, 0.1) is 0 Å². The summed E-state index contributed by atoms with van der Waals surface area (Å²) in [5.74, 6) is -1.46. The van der Waals surface area contributed by atoms with Gasteiger partial charge in [-0.3, -0.25) is 9.59 Å². The molecule has 1 aliphatic carbocycles. The molecule has 0 heterocycles. The van der Waals surface area contributed by atoms with Crippen LogP contribution in [0.15, 0.2) is 20.1 Å². The average molecular weight is 276 g/mol. The van der Waals surface area contributed by atoms with Crippen molar-refractivity contribution in [1.82, 2.24) is 0 Å². The van der Waals surface area contributed by atoms with Crippen LogP contribution in [0.25, 0.3) is 0 Å². The Morgan fingerprint density at radius 3 is 0.929 bits per heavy atom. The molecule has 0 saturated heterocycles. The highest BCUT2D eigenvalue weighted by molar-refractivity contribution is 6.69. The second kappa shape index (κ2) is 5.76. The zero-order valence-electron chi connectivity index (χ0n) is 7.33. The van der Waals surface area contributed by atoms with Gasteiger partial charge in [-0.15, -0.1) is 0 Å². The monoisotopic (exact) mass is 274 g/mol.